The molecule has 0 atom stereocenters. The standard InChI is InChI=1S/C12H14N2O2/c1-8(2)14-12(15)10-6-9(7-13)4-5-11(10)16-3/h4-6,8H,1-3H3,(H,14,15). The van der Waals surface area contributed by atoms with Gasteiger partial charge in [0.2, 0.25) is 0 Å². The van der Waals surface area contributed by atoms with Crippen LogP contribution in [0.15, 0.2) is 18.2 Å². The number of nitrogens with zero attached hydrogens (tertiary/aromatic N) is 1. The van der Waals surface area contributed by atoms with E-state index in [9.17, 15) is 4.79 Å². The molecule has 4 nitrogen and oxygen atoms in total. The predicted molar refractivity (Wildman–Crippen MR) is 60.3 cm³/mol. The second kappa shape index (κ2) is 5.17. The van der Waals surface area contributed by atoms with Crippen molar-refractivity contribution in [3.63, 3.8) is 0 Å². The third-order valence-electron chi connectivity index (χ3n) is 1.99. The summed E-state index contributed by atoms with van der Waals surface area (Å²) in [6, 6.07) is 6.79. The molecule has 0 spiro atoms. The smallest absolute Gasteiger partial charge is 0.255 e. The van der Waals surface area contributed by atoms with Crippen LogP contribution in [0.1, 0.15) is 29.8 Å². The zero-order chi connectivity index (χ0) is 12.1. The summed E-state index contributed by atoms with van der Waals surface area (Å²) < 4.78 is 5.08. The van der Waals surface area contributed by atoms with Gasteiger partial charge in [0, 0.05) is 6.04 Å². The number of nitriles is 1. The molecule has 0 fully saturated rings. The monoisotopic (exact) mass is 218 g/mol. The Morgan fingerprint density at radius 3 is 2.69 bits per heavy atom. The van der Waals surface area contributed by atoms with E-state index in [1.54, 1.807) is 12.1 Å². The Labute approximate surface area is 94.8 Å². The summed E-state index contributed by atoms with van der Waals surface area (Å²) in [6.45, 7) is 3.75. The van der Waals surface area contributed by atoms with Gasteiger partial charge in [-0.3, -0.25) is 4.79 Å². The highest BCUT2D eigenvalue weighted by molar-refractivity contribution is 5.97. The van der Waals surface area contributed by atoms with E-state index in [2.05, 4.69) is 5.32 Å². The lowest BCUT2D eigenvalue weighted by Gasteiger charge is -2.11. The van der Waals surface area contributed by atoms with Crippen molar-refractivity contribution >= 4 is 5.91 Å². The summed E-state index contributed by atoms with van der Waals surface area (Å²) in [6.07, 6.45) is 0. The molecule has 0 saturated carbocycles. The summed E-state index contributed by atoms with van der Waals surface area (Å²) in [4.78, 5) is 11.8. The SMILES string of the molecule is COc1ccc(C#N)cc1C(=O)NC(C)C. The maximum atomic E-state index is 11.8. The minimum absolute atomic E-state index is 0.0444. The van der Waals surface area contributed by atoms with Crippen molar-refractivity contribution in [3.8, 4) is 11.8 Å². The van der Waals surface area contributed by atoms with Crippen LogP contribution in [-0.2, 0) is 0 Å². The van der Waals surface area contributed by atoms with Gasteiger partial charge in [-0.1, -0.05) is 0 Å². The average Bonchev–Trinajstić information content (AvgIpc) is 2.27. The van der Waals surface area contributed by atoms with E-state index in [0.29, 0.717) is 16.9 Å². The molecule has 1 rings (SSSR count). The summed E-state index contributed by atoms with van der Waals surface area (Å²) in [7, 11) is 1.49. The molecule has 0 radical (unpaired) electrons. The van der Waals surface area contributed by atoms with Gasteiger partial charge in [0.05, 0.1) is 24.3 Å². The van der Waals surface area contributed by atoms with Crippen molar-refractivity contribution in [2.45, 2.75) is 19.9 Å². The van der Waals surface area contributed by atoms with Gasteiger partial charge in [0.25, 0.3) is 5.91 Å². The molecule has 0 saturated heterocycles. The van der Waals surface area contributed by atoms with Crippen molar-refractivity contribution < 1.29 is 9.53 Å². The summed E-state index contributed by atoms with van der Waals surface area (Å²) in [5.41, 5.74) is 0.824. The maximum Gasteiger partial charge on any atom is 0.255 e. The van der Waals surface area contributed by atoms with Crippen LogP contribution in [0.4, 0.5) is 0 Å². The number of benzene rings is 1. The minimum atomic E-state index is -0.232. The number of rotatable bonds is 3. The molecule has 0 heterocycles. The first-order valence-electron chi connectivity index (χ1n) is 4.97. The number of ether oxygens (including phenoxy) is 1. The number of carbonyl (C=O) groups excluding carboxylic acids is 1. The van der Waals surface area contributed by atoms with Crippen molar-refractivity contribution in [1.29, 1.82) is 5.26 Å². The molecule has 16 heavy (non-hydrogen) atoms. The van der Waals surface area contributed by atoms with Gasteiger partial charge in [-0.05, 0) is 32.0 Å². The highest BCUT2D eigenvalue weighted by atomic mass is 16.5. The molecule has 4 heteroatoms. The van der Waals surface area contributed by atoms with Gasteiger partial charge in [0.15, 0.2) is 0 Å². The van der Waals surface area contributed by atoms with Gasteiger partial charge in [0.1, 0.15) is 5.75 Å². The molecule has 0 aliphatic heterocycles. The van der Waals surface area contributed by atoms with E-state index in [-0.39, 0.29) is 11.9 Å². The van der Waals surface area contributed by atoms with Crippen LogP contribution in [0.2, 0.25) is 0 Å². The van der Waals surface area contributed by atoms with Crippen molar-refractivity contribution in [2.24, 2.45) is 0 Å². The zero-order valence-electron chi connectivity index (χ0n) is 9.57. The largest absolute Gasteiger partial charge is 0.496 e. The fraction of sp³-hybridized carbons (Fsp3) is 0.333. The summed E-state index contributed by atoms with van der Waals surface area (Å²) in [5.74, 6) is 0.237. The van der Waals surface area contributed by atoms with Gasteiger partial charge < -0.3 is 10.1 Å². The summed E-state index contributed by atoms with van der Waals surface area (Å²) >= 11 is 0. The van der Waals surface area contributed by atoms with Crippen LogP contribution in [-0.4, -0.2) is 19.1 Å². The lowest BCUT2D eigenvalue weighted by Crippen LogP contribution is -2.30. The Balaban J connectivity index is 3.09. The summed E-state index contributed by atoms with van der Waals surface area (Å²) in [5, 5.41) is 11.5. The third-order valence-corrected chi connectivity index (χ3v) is 1.99. The number of amides is 1. The molecular formula is C12H14N2O2. The molecule has 0 aromatic heterocycles. The molecule has 1 aromatic carbocycles. The molecule has 84 valence electrons. The fourth-order valence-electron chi connectivity index (χ4n) is 1.29. The quantitative estimate of drug-likeness (QED) is 0.840. The van der Waals surface area contributed by atoms with Crippen LogP contribution < -0.4 is 10.1 Å². The Kier molecular flexibility index (Phi) is 3.90. The number of methoxy groups -OCH3 is 1. The lowest BCUT2D eigenvalue weighted by atomic mass is 10.1. The van der Waals surface area contributed by atoms with Gasteiger partial charge >= 0.3 is 0 Å². The van der Waals surface area contributed by atoms with E-state index >= 15 is 0 Å². The van der Waals surface area contributed by atoms with Crippen LogP contribution in [0, 0.1) is 11.3 Å². The minimum Gasteiger partial charge on any atom is -0.496 e. The first-order chi connectivity index (χ1) is 7.58. The molecule has 1 aromatic rings. The number of nitrogens with one attached hydrogen (secondary N) is 1. The molecular weight excluding hydrogens is 204 g/mol. The molecule has 0 aliphatic carbocycles. The van der Waals surface area contributed by atoms with E-state index in [0.717, 1.165) is 0 Å². The Hall–Kier alpha value is -2.02. The fourth-order valence-corrected chi connectivity index (χ4v) is 1.29. The molecule has 0 aliphatic rings. The maximum absolute atomic E-state index is 11.8. The van der Waals surface area contributed by atoms with Crippen molar-refractivity contribution in [2.75, 3.05) is 7.11 Å². The highest BCUT2D eigenvalue weighted by Crippen LogP contribution is 2.19. The third kappa shape index (κ3) is 2.74. The van der Waals surface area contributed by atoms with Crippen molar-refractivity contribution in [1.82, 2.24) is 5.32 Å². The van der Waals surface area contributed by atoms with Gasteiger partial charge in [-0.25, -0.2) is 0 Å². The van der Waals surface area contributed by atoms with E-state index in [4.69, 9.17) is 10.00 Å². The van der Waals surface area contributed by atoms with Crippen LogP contribution >= 0.6 is 0 Å². The predicted octanol–water partition coefficient (Wildman–Crippen LogP) is 1.71. The van der Waals surface area contributed by atoms with Crippen molar-refractivity contribution in [3.05, 3.63) is 29.3 Å². The molecule has 0 unspecified atom stereocenters. The number of hydrogen-bond donors (Lipinski definition) is 1. The average molecular weight is 218 g/mol. The van der Waals surface area contributed by atoms with Crippen LogP contribution in [0.3, 0.4) is 0 Å². The Bertz CT molecular complexity index is 433. The highest BCUT2D eigenvalue weighted by Gasteiger charge is 2.13. The van der Waals surface area contributed by atoms with E-state index in [1.807, 2.05) is 19.9 Å². The van der Waals surface area contributed by atoms with Crippen LogP contribution in [0.5, 0.6) is 5.75 Å². The van der Waals surface area contributed by atoms with Crippen LogP contribution in [0.25, 0.3) is 0 Å². The molecule has 1 amide bonds. The second-order valence-electron chi connectivity index (χ2n) is 3.66. The number of carbonyl (C=O) groups is 1. The van der Waals surface area contributed by atoms with E-state index in [1.165, 1.54) is 13.2 Å². The number of hydrogen-bond acceptors (Lipinski definition) is 3. The van der Waals surface area contributed by atoms with Gasteiger partial charge in [-0.2, -0.15) is 5.26 Å². The molecule has 1 N–H and O–H groups in total. The Morgan fingerprint density at radius 2 is 2.19 bits per heavy atom. The Morgan fingerprint density at radius 1 is 1.50 bits per heavy atom. The normalized spacial score (nSPS) is 9.69. The zero-order valence-corrected chi connectivity index (χ0v) is 9.57. The first-order valence-corrected chi connectivity index (χ1v) is 4.97. The topological polar surface area (TPSA) is 62.1 Å². The lowest BCUT2D eigenvalue weighted by molar-refractivity contribution is 0.0940. The van der Waals surface area contributed by atoms with Gasteiger partial charge in [-0.15, -0.1) is 0 Å². The first kappa shape index (κ1) is 12.1. The second-order valence-corrected chi connectivity index (χ2v) is 3.66. The molecule has 0 bridgehead atoms. The van der Waals surface area contributed by atoms with E-state index < -0.39 is 0 Å².